The molecule has 2 aliphatic rings. The van der Waals surface area contributed by atoms with Crippen molar-refractivity contribution in [2.45, 2.75) is 31.5 Å². The molecule has 1 aliphatic heterocycles. The molecule has 0 aromatic heterocycles. The van der Waals surface area contributed by atoms with Crippen LogP contribution in [0, 0.1) is 5.41 Å². The van der Waals surface area contributed by atoms with Crippen LogP contribution in [-0.2, 0) is 9.63 Å². The Kier molecular flexibility index (Phi) is 3.01. The van der Waals surface area contributed by atoms with E-state index in [0.717, 1.165) is 10.6 Å². The second-order valence-electron chi connectivity index (χ2n) is 5.26. The van der Waals surface area contributed by atoms with E-state index < -0.39 is 23.5 Å². The third-order valence-electron chi connectivity index (χ3n) is 3.99. The van der Waals surface area contributed by atoms with Crippen molar-refractivity contribution in [3.05, 3.63) is 35.9 Å². The minimum atomic E-state index is -4.50. The molecule has 6 heteroatoms. The fraction of sp³-hybridized carbons (Fsp3) is 0.500. The first-order valence-corrected chi connectivity index (χ1v) is 6.54. The van der Waals surface area contributed by atoms with Crippen molar-refractivity contribution in [2.75, 3.05) is 6.61 Å². The summed E-state index contributed by atoms with van der Waals surface area (Å²) in [6.07, 6.45) is -4.27. The predicted octanol–water partition coefficient (Wildman–Crippen LogP) is 3.23. The molecule has 3 nitrogen and oxygen atoms in total. The Bertz CT molecular complexity index is 511. The zero-order valence-electron chi connectivity index (χ0n) is 10.7. The lowest BCUT2D eigenvalue weighted by Crippen LogP contribution is -2.43. The Morgan fingerprint density at radius 3 is 2.45 bits per heavy atom. The smallest absolute Gasteiger partial charge is 0.272 e. The quantitative estimate of drug-likeness (QED) is 0.835. The van der Waals surface area contributed by atoms with E-state index in [1.807, 2.05) is 6.07 Å². The number of carbonyl (C=O) groups excluding carboxylic acids is 1. The number of nitrogens with zero attached hydrogens (tertiary/aromatic N) is 1. The van der Waals surface area contributed by atoms with Gasteiger partial charge >= 0.3 is 6.18 Å². The Labute approximate surface area is 114 Å². The molecular formula is C14H14F3NO2. The number of rotatable bonds is 2. The first-order valence-electron chi connectivity index (χ1n) is 6.54. The van der Waals surface area contributed by atoms with Crippen LogP contribution in [0.15, 0.2) is 30.3 Å². The second-order valence-corrected chi connectivity index (χ2v) is 5.26. The summed E-state index contributed by atoms with van der Waals surface area (Å²) in [6, 6.07) is 8.59. The molecule has 108 valence electrons. The number of carbonyl (C=O) groups is 1. The summed E-state index contributed by atoms with van der Waals surface area (Å²) in [5.41, 5.74) is -1.42. The number of hydrogen-bond donors (Lipinski definition) is 0. The van der Waals surface area contributed by atoms with Crippen LogP contribution >= 0.6 is 0 Å². The van der Waals surface area contributed by atoms with E-state index in [1.54, 1.807) is 24.3 Å². The fourth-order valence-electron chi connectivity index (χ4n) is 2.60. The highest BCUT2D eigenvalue weighted by atomic mass is 19.4. The zero-order valence-corrected chi connectivity index (χ0v) is 10.7. The van der Waals surface area contributed by atoms with Gasteiger partial charge in [0.2, 0.25) is 0 Å². The van der Waals surface area contributed by atoms with Gasteiger partial charge < -0.3 is 0 Å². The number of amides is 1. The van der Waals surface area contributed by atoms with Crippen LogP contribution in [0.25, 0.3) is 0 Å². The molecule has 0 spiro atoms. The van der Waals surface area contributed by atoms with Crippen molar-refractivity contribution in [1.29, 1.82) is 0 Å². The summed E-state index contributed by atoms with van der Waals surface area (Å²) < 4.78 is 39.1. The maximum atomic E-state index is 13.0. The summed E-state index contributed by atoms with van der Waals surface area (Å²) in [5, 5.41) is 0.940. The van der Waals surface area contributed by atoms with E-state index in [2.05, 4.69) is 0 Å². The number of halogens is 3. The molecule has 0 radical (unpaired) electrons. The minimum Gasteiger partial charge on any atom is -0.272 e. The highest BCUT2D eigenvalue weighted by molar-refractivity contribution is 5.86. The van der Waals surface area contributed by atoms with E-state index in [4.69, 9.17) is 4.84 Å². The lowest BCUT2D eigenvalue weighted by Gasteiger charge is -2.28. The molecule has 1 heterocycles. The maximum Gasteiger partial charge on any atom is 0.403 e. The zero-order chi connectivity index (χ0) is 14.4. The summed E-state index contributed by atoms with van der Waals surface area (Å²) in [4.78, 5) is 17.4. The van der Waals surface area contributed by atoms with E-state index >= 15 is 0 Å². The monoisotopic (exact) mass is 285 g/mol. The molecule has 3 rings (SSSR count). The van der Waals surface area contributed by atoms with Crippen LogP contribution in [0.2, 0.25) is 0 Å². The van der Waals surface area contributed by atoms with E-state index in [9.17, 15) is 18.0 Å². The molecule has 1 aromatic rings. The maximum absolute atomic E-state index is 13.0. The van der Waals surface area contributed by atoms with Gasteiger partial charge in [-0.05, 0) is 18.4 Å². The number of hydroxylamine groups is 2. The van der Waals surface area contributed by atoms with Gasteiger partial charge in [-0.15, -0.1) is 0 Å². The van der Waals surface area contributed by atoms with E-state index in [-0.39, 0.29) is 19.4 Å². The van der Waals surface area contributed by atoms with E-state index in [1.165, 1.54) is 0 Å². The van der Waals surface area contributed by atoms with Gasteiger partial charge in [-0.2, -0.15) is 13.2 Å². The Hall–Kier alpha value is -1.56. The first kappa shape index (κ1) is 13.4. The van der Waals surface area contributed by atoms with Gasteiger partial charge in [0.15, 0.2) is 0 Å². The molecule has 20 heavy (non-hydrogen) atoms. The number of benzene rings is 1. The third kappa shape index (κ3) is 1.98. The summed E-state index contributed by atoms with van der Waals surface area (Å²) >= 11 is 0. The average molecular weight is 285 g/mol. The highest BCUT2D eigenvalue weighted by Gasteiger charge is 2.70. The molecular weight excluding hydrogens is 271 g/mol. The van der Waals surface area contributed by atoms with Crippen molar-refractivity contribution in [2.24, 2.45) is 5.41 Å². The van der Waals surface area contributed by atoms with Gasteiger partial charge in [-0.3, -0.25) is 9.63 Å². The minimum absolute atomic E-state index is 0.142. The largest absolute Gasteiger partial charge is 0.403 e. The summed E-state index contributed by atoms with van der Waals surface area (Å²) in [7, 11) is 0. The molecule has 1 atom stereocenters. The third-order valence-corrected chi connectivity index (χ3v) is 3.99. The molecule has 1 aliphatic carbocycles. The standard InChI is InChI=1S/C14H14F3NO2/c15-14(16,17)13(7-8-13)12(19)18-11(6-9-20-18)10-4-2-1-3-5-10/h1-5,11H,6-9H2/t11-/m0/s1. The van der Waals surface area contributed by atoms with Crippen LogP contribution < -0.4 is 0 Å². The SMILES string of the molecule is O=C(N1OCC[C@H]1c1ccccc1)C1(C(F)(F)F)CC1. The molecule has 0 bridgehead atoms. The van der Waals surface area contributed by atoms with Crippen LogP contribution in [0.1, 0.15) is 30.9 Å². The molecule has 1 aromatic carbocycles. The molecule has 0 unspecified atom stereocenters. The van der Waals surface area contributed by atoms with E-state index in [0.29, 0.717) is 6.42 Å². The van der Waals surface area contributed by atoms with Crippen molar-refractivity contribution < 1.29 is 22.8 Å². The van der Waals surface area contributed by atoms with Crippen molar-refractivity contribution in [3.8, 4) is 0 Å². The van der Waals surface area contributed by atoms with Gasteiger partial charge in [0.05, 0.1) is 12.6 Å². The van der Waals surface area contributed by atoms with Crippen LogP contribution in [0.5, 0.6) is 0 Å². The highest BCUT2D eigenvalue weighted by Crippen LogP contribution is 2.59. The topological polar surface area (TPSA) is 29.5 Å². The van der Waals surface area contributed by atoms with Crippen molar-refractivity contribution >= 4 is 5.91 Å². The number of alkyl halides is 3. The van der Waals surface area contributed by atoms with Gasteiger partial charge in [0.1, 0.15) is 5.41 Å². The Balaban J connectivity index is 1.85. The van der Waals surface area contributed by atoms with Crippen LogP contribution in [-0.4, -0.2) is 23.8 Å². The molecule has 0 N–H and O–H groups in total. The molecule has 1 amide bonds. The summed E-state index contributed by atoms with van der Waals surface area (Å²) in [5.74, 6) is -0.948. The molecule has 2 fully saturated rings. The van der Waals surface area contributed by atoms with Crippen molar-refractivity contribution in [1.82, 2.24) is 5.06 Å². The lowest BCUT2D eigenvalue weighted by molar-refractivity contribution is -0.223. The van der Waals surface area contributed by atoms with Crippen LogP contribution in [0.4, 0.5) is 13.2 Å². The number of hydrogen-bond acceptors (Lipinski definition) is 2. The fourth-order valence-corrected chi connectivity index (χ4v) is 2.60. The average Bonchev–Trinajstić information content (AvgIpc) is 3.10. The summed E-state index contributed by atoms with van der Waals surface area (Å²) in [6.45, 7) is 0.263. The van der Waals surface area contributed by atoms with Gasteiger partial charge in [0.25, 0.3) is 5.91 Å². The Morgan fingerprint density at radius 1 is 1.25 bits per heavy atom. The molecule has 1 saturated carbocycles. The predicted molar refractivity (Wildman–Crippen MR) is 64.3 cm³/mol. The van der Waals surface area contributed by atoms with Gasteiger partial charge in [0, 0.05) is 6.42 Å². The first-order chi connectivity index (χ1) is 9.46. The van der Waals surface area contributed by atoms with Gasteiger partial charge in [-0.1, -0.05) is 30.3 Å². The lowest BCUT2D eigenvalue weighted by atomic mass is 10.0. The van der Waals surface area contributed by atoms with Crippen molar-refractivity contribution in [3.63, 3.8) is 0 Å². The van der Waals surface area contributed by atoms with Crippen LogP contribution in [0.3, 0.4) is 0 Å². The Morgan fingerprint density at radius 2 is 1.90 bits per heavy atom. The second kappa shape index (κ2) is 4.48. The normalized spacial score (nSPS) is 24.8. The molecule has 1 saturated heterocycles. The van der Waals surface area contributed by atoms with Gasteiger partial charge in [-0.25, -0.2) is 5.06 Å².